The first-order valence-corrected chi connectivity index (χ1v) is 7.92. The van der Waals surface area contributed by atoms with Crippen molar-refractivity contribution in [1.29, 1.82) is 0 Å². The Balaban J connectivity index is 2.11. The largest absolute Gasteiger partial charge is 0.325 e. The van der Waals surface area contributed by atoms with Gasteiger partial charge in [-0.1, -0.05) is 59.8 Å². The highest BCUT2D eigenvalue weighted by Gasteiger charge is 2.32. The number of benzene rings is 1. The molecule has 0 aromatic heterocycles. The van der Waals surface area contributed by atoms with Gasteiger partial charge in [-0.25, -0.2) is 0 Å². The lowest BCUT2D eigenvalue weighted by atomic mass is 9.72. The van der Waals surface area contributed by atoms with Crippen LogP contribution in [-0.4, -0.2) is 5.54 Å². The van der Waals surface area contributed by atoms with Crippen molar-refractivity contribution in [3.05, 3.63) is 33.3 Å². The molecule has 1 aliphatic carbocycles. The number of hydrogen-bond donors (Lipinski definition) is 1. The van der Waals surface area contributed by atoms with Gasteiger partial charge >= 0.3 is 0 Å². The molecular weight excluding hydrogens is 310 g/mol. The topological polar surface area (TPSA) is 26.0 Å². The van der Waals surface area contributed by atoms with E-state index in [2.05, 4.69) is 28.9 Å². The van der Waals surface area contributed by atoms with Gasteiger partial charge in [0.2, 0.25) is 0 Å². The van der Waals surface area contributed by atoms with Crippen LogP contribution in [0.4, 0.5) is 0 Å². The molecule has 2 atom stereocenters. The van der Waals surface area contributed by atoms with E-state index in [-0.39, 0.29) is 5.54 Å². The van der Waals surface area contributed by atoms with Gasteiger partial charge in [0.25, 0.3) is 0 Å². The van der Waals surface area contributed by atoms with E-state index in [4.69, 9.17) is 17.3 Å². The van der Waals surface area contributed by atoms with Crippen molar-refractivity contribution in [1.82, 2.24) is 0 Å². The molecule has 0 saturated heterocycles. The minimum absolute atomic E-state index is 0.0591. The zero-order valence-electron chi connectivity index (χ0n) is 10.9. The van der Waals surface area contributed by atoms with Crippen LogP contribution in [0.1, 0.15) is 44.6 Å². The smallest absolute Gasteiger partial charge is 0.0449 e. The molecule has 0 aliphatic heterocycles. The fourth-order valence-corrected chi connectivity index (χ4v) is 3.82. The van der Waals surface area contributed by atoms with Gasteiger partial charge in [-0.15, -0.1) is 0 Å². The maximum atomic E-state index is 6.59. The summed E-state index contributed by atoms with van der Waals surface area (Å²) in [5.41, 5.74) is 7.71. The van der Waals surface area contributed by atoms with Gasteiger partial charge in [-0.2, -0.15) is 0 Å². The Bertz CT molecular complexity index is 421. The summed E-state index contributed by atoms with van der Waals surface area (Å²) in [6, 6.07) is 6.10. The lowest BCUT2D eigenvalue weighted by Gasteiger charge is -2.38. The number of hydrogen-bond acceptors (Lipinski definition) is 1. The van der Waals surface area contributed by atoms with E-state index in [1.165, 1.54) is 24.8 Å². The maximum Gasteiger partial charge on any atom is 0.0449 e. The molecule has 0 bridgehead atoms. The standard InChI is InChI=1S/C15H21BrClN/c1-2-11-4-3-7-15(18,9-11)10-12-5-6-13(16)8-14(12)17/h5-6,8,11H,2-4,7,9-10,18H2,1H3. The fraction of sp³-hybridized carbons (Fsp3) is 0.600. The van der Waals surface area contributed by atoms with E-state index in [9.17, 15) is 0 Å². The molecule has 18 heavy (non-hydrogen) atoms. The van der Waals surface area contributed by atoms with Crippen LogP contribution in [0.3, 0.4) is 0 Å². The number of rotatable bonds is 3. The monoisotopic (exact) mass is 329 g/mol. The molecule has 1 aliphatic rings. The van der Waals surface area contributed by atoms with Gasteiger partial charge in [0.1, 0.15) is 0 Å². The Kier molecular flexibility index (Phi) is 4.74. The second-order valence-electron chi connectivity index (χ2n) is 5.65. The van der Waals surface area contributed by atoms with Gasteiger partial charge in [0, 0.05) is 15.0 Å². The molecule has 1 nitrogen and oxygen atoms in total. The molecule has 0 heterocycles. The van der Waals surface area contributed by atoms with Gasteiger partial charge in [0.15, 0.2) is 0 Å². The number of halogens is 2. The molecule has 0 radical (unpaired) electrons. The molecule has 1 fully saturated rings. The zero-order valence-corrected chi connectivity index (χ0v) is 13.2. The Morgan fingerprint density at radius 3 is 2.94 bits per heavy atom. The quantitative estimate of drug-likeness (QED) is 0.834. The van der Waals surface area contributed by atoms with Crippen LogP contribution in [0.2, 0.25) is 5.02 Å². The van der Waals surface area contributed by atoms with Crippen LogP contribution in [0, 0.1) is 5.92 Å². The van der Waals surface area contributed by atoms with E-state index in [0.29, 0.717) is 0 Å². The van der Waals surface area contributed by atoms with Crippen LogP contribution in [0.15, 0.2) is 22.7 Å². The lowest BCUT2D eigenvalue weighted by Crippen LogP contribution is -2.46. The maximum absolute atomic E-state index is 6.59. The normalized spacial score (nSPS) is 28.3. The van der Waals surface area contributed by atoms with E-state index < -0.39 is 0 Å². The minimum atomic E-state index is -0.0591. The molecule has 2 unspecified atom stereocenters. The summed E-state index contributed by atoms with van der Waals surface area (Å²) in [6.45, 7) is 2.27. The zero-order chi connectivity index (χ0) is 13.2. The molecule has 1 saturated carbocycles. The summed E-state index contributed by atoms with van der Waals surface area (Å²) in [5, 5.41) is 0.827. The van der Waals surface area contributed by atoms with E-state index in [0.717, 1.165) is 34.7 Å². The third-order valence-corrected chi connectivity index (χ3v) is 4.96. The minimum Gasteiger partial charge on any atom is -0.325 e. The highest BCUT2D eigenvalue weighted by Crippen LogP contribution is 2.36. The van der Waals surface area contributed by atoms with Crippen LogP contribution < -0.4 is 5.73 Å². The molecule has 0 spiro atoms. The molecule has 0 amide bonds. The summed E-state index contributed by atoms with van der Waals surface area (Å²) >= 11 is 9.74. The number of nitrogens with two attached hydrogens (primary N) is 1. The first kappa shape index (κ1) is 14.4. The van der Waals surface area contributed by atoms with Crippen molar-refractivity contribution in [2.75, 3.05) is 0 Å². The van der Waals surface area contributed by atoms with Crippen molar-refractivity contribution in [2.45, 2.75) is 51.0 Å². The second kappa shape index (κ2) is 5.94. The Morgan fingerprint density at radius 2 is 2.28 bits per heavy atom. The summed E-state index contributed by atoms with van der Waals surface area (Å²) < 4.78 is 1.03. The summed E-state index contributed by atoms with van der Waals surface area (Å²) in [4.78, 5) is 0. The van der Waals surface area contributed by atoms with E-state index in [1.54, 1.807) is 0 Å². The van der Waals surface area contributed by atoms with Crippen molar-refractivity contribution < 1.29 is 0 Å². The molecule has 1 aromatic carbocycles. The van der Waals surface area contributed by atoms with Crippen LogP contribution >= 0.6 is 27.5 Å². The Morgan fingerprint density at radius 1 is 1.50 bits per heavy atom. The molecular formula is C15H21BrClN. The van der Waals surface area contributed by atoms with Crippen molar-refractivity contribution >= 4 is 27.5 Å². The second-order valence-corrected chi connectivity index (χ2v) is 6.97. The third-order valence-electron chi connectivity index (χ3n) is 4.12. The molecule has 2 N–H and O–H groups in total. The highest BCUT2D eigenvalue weighted by molar-refractivity contribution is 9.10. The van der Waals surface area contributed by atoms with Crippen molar-refractivity contribution in [2.24, 2.45) is 11.7 Å². The third kappa shape index (κ3) is 3.49. The summed E-state index contributed by atoms with van der Waals surface area (Å²) in [5.74, 6) is 0.790. The van der Waals surface area contributed by atoms with Crippen LogP contribution in [-0.2, 0) is 6.42 Å². The van der Waals surface area contributed by atoms with Crippen molar-refractivity contribution in [3.63, 3.8) is 0 Å². The molecule has 3 heteroatoms. The van der Waals surface area contributed by atoms with E-state index in [1.807, 2.05) is 12.1 Å². The molecule has 1 aromatic rings. The summed E-state index contributed by atoms with van der Waals surface area (Å²) in [7, 11) is 0. The Hall–Kier alpha value is -0.0500. The average Bonchev–Trinajstić information content (AvgIpc) is 2.33. The Labute approximate surface area is 123 Å². The molecule has 2 rings (SSSR count). The first-order chi connectivity index (χ1) is 8.52. The van der Waals surface area contributed by atoms with Crippen LogP contribution in [0.25, 0.3) is 0 Å². The fourth-order valence-electron chi connectivity index (χ4n) is 3.08. The van der Waals surface area contributed by atoms with Gasteiger partial charge in [-0.3, -0.25) is 0 Å². The predicted molar refractivity (Wildman–Crippen MR) is 82.0 cm³/mol. The summed E-state index contributed by atoms with van der Waals surface area (Å²) in [6.07, 6.45) is 6.99. The highest BCUT2D eigenvalue weighted by atomic mass is 79.9. The lowest BCUT2D eigenvalue weighted by molar-refractivity contribution is 0.218. The predicted octanol–water partition coefficient (Wildman–Crippen LogP) is 4.94. The van der Waals surface area contributed by atoms with E-state index >= 15 is 0 Å². The first-order valence-electron chi connectivity index (χ1n) is 6.75. The van der Waals surface area contributed by atoms with Gasteiger partial charge < -0.3 is 5.73 Å². The van der Waals surface area contributed by atoms with Gasteiger partial charge in [0.05, 0.1) is 0 Å². The van der Waals surface area contributed by atoms with Gasteiger partial charge in [-0.05, 0) is 42.9 Å². The average molecular weight is 331 g/mol. The van der Waals surface area contributed by atoms with Crippen LogP contribution in [0.5, 0.6) is 0 Å². The molecule has 100 valence electrons. The SMILES string of the molecule is CCC1CCCC(N)(Cc2ccc(Br)cc2Cl)C1. The van der Waals surface area contributed by atoms with Crippen molar-refractivity contribution in [3.8, 4) is 0 Å².